The summed E-state index contributed by atoms with van der Waals surface area (Å²) >= 11 is 5.97. The Morgan fingerprint density at radius 1 is 1.35 bits per heavy atom. The summed E-state index contributed by atoms with van der Waals surface area (Å²) in [6.07, 6.45) is 1.60. The smallest absolute Gasteiger partial charge is 0.274 e. The maximum absolute atomic E-state index is 12.5. The van der Waals surface area contributed by atoms with Crippen LogP contribution in [0.5, 0.6) is 0 Å². The normalized spacial score (nSPS) is 10.7. The number of non-ortho nitro benzene ring substituents is 1. The number of imidazole rings is 1. The van der Waals surface area contributed by atoms with Crippen LogP contribution in [0.15, 0.2) is 42.6 Å². The molecule has 0 radical (unpaired) electrons. The molecule has 0 aliphatic rings. The summed E-state index contributed by atoms with van der Waals surface area (Å²) in [4.78, 5) is 27.1. The van der Waals surface area contributed by atoms with E-state index >= 15 is 0 Å². The number of carbonyl (C=O) groups excluding carboxylic acids is 1. The maximum Gasteiger partial charge on any atom is 0.274 e. The molecular formula is C15H11ClN4O3. The number of nitrogens with one attached hydrogen (secondary N) is 1. The fourth-order valence-electron chi connectivity index (χ4n) is 2.30. The van der Waals surface area contributed by atoms with Gasteiger partial charge in [-0.2, -0.15) is 0 Å². The summed E-state index contributed by atoms with van der Waals surface area (Å²) in [7, 11) is 0. The number of halogens is 1. The van der Waals surface area contributed by atoms with E-state index in [0.29, 0.717) is 27.7 Å². The number of nitro benzene ring substituents is 1. The lowest BCUT2D eigenvalue weighted by Crippen LogP contribution is -2.15. The van der Waals surface area contributed by atoms with Gasteiger partial charge in [0.05, 0.1) is 15.6 Å². The van der Waals surface area contributed by atoms with Crippen LogP contribution in [0.3, 0.4) is 0 Å². The van der Waals surface area contributed by atoms with Crippen LogP contribution in [0, 0.1) is 17.0 Å². The summed E-state index contributed by atoms with van der Waals surface area (Å²) in [5.74, 6) is -0.419. The quantitative estimate of drug-likeness (QED) is 0.588. The molecule has 116 valence electrons. The van der Waals surface area contributed by atoms with Crippen LogP contribution < -0.4 is 5.32 Å². The molecule has 0 aliphatic carbocycles. The van der Waals surface area contributed by atoms with E-state index in [1.807, 2.05) is 0 Å². The second-order valence-electron chi connectivity index (χ2n) is 4.88. The van der Waals surface area contributed by atoms with Crippen molar-refractivity contribution in [2.45, 2.75) is 6.92 Å². The average molecular weight is 331 g/mol. The Bertz CT molecular complexity index is 936. The zero-order valence-corrected chi connectivity index (χ0v) is 12.7. The molecule has 0 saturated carbocycles. The molecule has 23 heavy (non-hydrogen) atoms. The summed E-state index contributed by atoms with van der Waals surface area (Å²) in [6, 6.07) is 9.13. The SMILES string of the molecule is Cc1nc2ccc(Cl)cn2c1C(=O)Nc1cccc([N+](=O)[O-])c1. The lowest BCUT2D eigenvalue weighted by Gasteiger charge is -2.06. The maximum atomic E-state index is 12.5. The molecule has 1 N–H and O–H groups in total. The Labute approximate surface area is 135 Å². The molecular weight excluding hydrogens is 320 g/mol. The number of fused-ring (bicyclic) bond motifs is 1. The van der Waals surface area contributed by atoms with Gasteiger partial charge in [-0.3, -0.25) is 19.3 Å². The van der Waals surface area contributed by atoms with Gasteiger partial charge in [-0.15, -0.1) is 0 Å². The van der Waals surface area contributed by atoms with Gasteiger partial charge < -0.3 is 5.32 Å². The molecule has 2 heterocycles. The predicted octanol–water partition coefficient (Wildman–Crippen LogP) is 3.46. The van der Waals surface area contributed by atoms with Gasteiger partial charge in [-0.1, -0.05) is 17.7 Å². The van der Waals surface area contributed by atoms with E-state index in [1.54, 1.807) is 35.7 Å². The lowest BCUT2D eigenvalue weighted by molar-refractivity contribution is -0.384. The Hall–Kier alpha value is -2.93. The lowest BCUT2D eigenvalue weighted by atomic mass is 10.2. The minimum absolute atomic E-state index is 0.0966. The molecule has 1 amide bonds. The highest BCUT2D eigenvalue weighted by atomic mass is 35.5. The first kappa shape index (κ1) is 15.0. The van der Waals surface area contributed by atoms with Crippen molar-refractivity contribution < 1.29 is 9.72 Å². The highest BCUT2D eigenvalue weighted by Crippen LogP contribution is 2.20. The van der Waals surface area contributed by atoms with E-state index in [9.17, 15) is 14.9 Å². The Morgan fingerprint density at radius 3 is 2.87 bits per heavy atom. The number of hydrogen-bond donors (Lipinski definition) is 1. The fraction of sp³-hybridized carbons (Fsp3) is 0.0667. The van der Waals surface area contributed by atoms with Crippen LogP contribution in [0.4, 0.5) is 11.4 Å². The third kappa shape index (κ3) is 2.86. The largest absolute Gasteiger partial charge is 0.320 e. The summed E-state index contributed by atoms with van der Waals surface area (Å²) < 4.78 is 1.59. The molecule has 7 nitrogen and oxygen atoms in total. The second-order valence-corrected chi connectivity index (χ2v) is 5.32. The van der Waals surface area contributed by atoms with Gasteiger partial charge in [0, 0.05) is 24.0 Å². The van der Waals surface area contributed by atoms with E-state index in [4.69, 9.17) is 11.6 Å². The first-order valence-electron chi connectivity index (χ1n) is 6.66. The van der Waals surface area contributed by atoms with E-state index in [1.165, 1.54) is 18.2 Å². The number of benzene rings is 1. The van der Waals surface area contributed by atoms with Crippen molar-refractivity contribution in [1.82, 2.24) is 9.38 Å². The molecule has 0 saturated heterocycles. The minimum Gasteiger partial charge on any atom is -0.320 e. The number of amides is 1. The number of anilines is 1. The molecule has 0 bridgehead atoms. The molecule has 2 aromatic heterocycles. The van der Waals surface area contributed by atoms with Gasteiger partial charge >= 0.3 is 0 Å². The first-order chi connectivity index (χ1) is 11.0. The number of nitrogens with zero attached hydrogens (tertiary/aromatic N) is 3. The number of carbonyl (C=O) groups is 1. The standard InChI is InChI=1S/C15H11ClN4O3/c1-9-14(19-8-10(16)5-6-13(19)17-9)15(21)18-11-3-2-4-12(7-11)20(22)23/h2-8H,1H3,(H,18,21). The molecule has 3 rings (SSSR count). The predicted molar refractivity (Wildman–Crippen MR) is 86.0 cm³/mol. The summed E-state index contributed by atoms with van der Waals surface area (Å²) in [6.45, 7) is 1.71. The molecule has 0 unspecified atom stereocenters. The zero-order valence-electron chi connectivity index (χ0n) is 12.0. The van der Waals surface area contributed by atoms with Crippen molar-refractivity contribution in [1.29, 1.82) is 0 Å². The number of pyridine rings is 1. The van der Waals surface area contributed by atoms with Gasteiger partial charge in [-0.25, -0.2) is 4.98 Å². The van der Waals surface area contributed by atoms with Gasteiger partial charge in [0.1, 0.15) is 11.3 Å². The zero-order chi connectivity index (χ0) is 16.6. The molecule has 0 atom stereocenters. The van der Waals surface area contributed by atoms with Crippen molar-refractivity contribution in [3.8, 4) is 0 Å². The van der Waals surface area contributed by atoms with Crippen LogP contribution >= 0.6 is 11.6 Å². The molecule has 0 spiro atoms. The van der Waals surface area contributed by atoms with E-state index in [0.717, 1.165) is 0 Å². The van der Waals surface area contributed by atoms with Crippen molar-refractivity contribution in [3.63, 3.8) is 0 Å². The van der Waals surface area contributed by atoms with Crippen molar-refractivity contribution in [3.05, 3.63) is 69.1 Å². The fourth-order valence-corrected chi connectivity index (χ4v) is 2.46. The summed E-state index contributed by atoms with van der Waals surface area (Å²) in [5.41, 5.74) is 1.70. The summed E-state index contributed by atoms with van der Waals surface area (Å²) in [5, 5.41) is 13.9. The van der Waals surface area contributed by atoms with Gasteiger partial charge in [0.15, 0.2) is 0 Å². The highest BCUT2D eigenvalue weighted by Gasteiger charge is 2.17. The molecule has 1 aromatic carbocycles. The Kier molecular flexibility index (Phi) is 3.71. The number of hydrogen-bond acceptors (Lipinski definition) is 4. The molecule has 3 aromatic rings. The van der Waals surface area contributed by atoms with Gasteiger partial charge in [0.25, 0.3) is 11.6 Å². The second kappa shape index (κ2) is 5.69. The topological polar surface area (TPSA) is 89.5 Å². The Morgan fingerprint density at radius 2 is 2.13 bits per heavy atom. The number of aromatic nitrogens is 2. The van der Waals surface area contributed by atoms with Crippen LogP contribution in [0.25, 0.3) is 5.65 Å². The third-order valence-electron chi connectivity index (χ3n) is 3.29. The molecule has 0 fully saturated rings. The average Bonchev–Trinajstić information content (AvgIpc) is 2.82. The highest BCUT2D eigenvalue weighted by molar-refractivity contribution is 6.30. The van der Waals surface area contributed by atoms with Crippen molar-refractivity contribution in [2.75, 3.05) is 5.32 Å². The molecule has 8 heteroatoms. The minimum atomic E-state index is -0.519. The third-order valence-corrected chi connectivity index (χ3v) is 3.51. The monoisotopic (exact) mass is 330 g/mol. The van der Waals surface area contributed by atoms with E-state index in [-0.39, 0.29) is 5.69 Å². The van der Waals surface area contributed by atoms with Crippen LogP contribution in [-0.4, -0.2) is 20.2 Å². The number of aryl methyl sites for hydroxylation is 1. The van der Waals surface area contributed by atoms with E-state index < -0.39 is 10.8 Å². The van der Waals surface area contributed by atoms with Crippen LogP contribution in [-0.2, 0) is 0 Å². The van der Waals surface area contributed by atoms with Crippen molar-refractivity contribution >= 4 is 34.5 Å². The number of rotatable bonds is 3. The van der Waals surface area contributed by atoms with Gasteiger partial charge in [0.2, 0.25) is 0 Å². The van der Waals surface area contributed by atoms with Crippen LogP contribution in [0.1, 0.15) is 16.2 Å². The van der Waals surface area contributed by atoms with Gasteiger partial charge in [-0.05, 0) is 25.1 Å². The van der Waals surface area contributed by atoms with Crippen LogP contribution in [0.2, 0.25) is 5.02 Å². The Balaban J connectivity index is 1.98. The first-order valence-corrected chi connectivity index (χ1v) is 7.03. The van der Waals surface area contributed by atoms with Crippen molar-refractivity contribution in [2.24, 2.45) is 0 Å². The number of nitro groups is 1. The van der Waals surface area contributed by atoms with E-state index in [2.05, 4.69) is 10.3 Å². The molecule has 0 aliphatic heterocycles.